The molecule has 3 rings (SSSR count). The summed E-state index contributed by atoms with van der Waals surface area (Å²) in [7, 11) is -0.739. The number of amides is 1. The standard InChI is InChI=1S/C23H25BCl2FNO4/c1-22(2)23(3,4)32-24(31-22)17(10-16-11-18(25)20(27)19(26)12-16)13-28-21(29)30-14-15-8-6-5-7-9-15/h5-12H,13-14H2,1-4H3,(H,28,29). The molecule has 0 saturated carbocycles. The maximum absolute atomic E-state index is 13.8. The minimum absolute atomic E-state index is 0.0804. The van der Waals surface area contributed by atoms with E-state index >= 15 is 0 Å². The molecule has 1 saturated heterocycles. The number of nitrogens with one attached hydrogen (secondary N) is 1. The van der Waals surface area contributed by atoms with Gasteiger partial charge >= 0.3 is 13.2 Å². The van der Waals surface area contributed by atoms with Crippen molar-refractivity contribution in [2.24, 2.45) is 0 Å². The lowest BCUT2D eigenvalue weighted by molar-refractivity contribution is 0.00578. The molecule has 5 nitrogen and oxygen atoms in total. The Labute approximate surface area is 198 Å². The zero-order valence-electron chi connectivity index (χ0n) is 18.4. The van der Waals surface area contributed by atoms with Gasteiger partial charge in [0.05, 0.1) is 21.2 Å². The largest absolute Gasteiger partial charge is 0.492 e. The van der Waals surface area contributed by atoms with Crippen LogP contribution >= 0.6 is 23.2 Å². The van der Waals surface area contributed by atoms with Crippen LogP contribution in [0.3, 0.4) is 0 Å². The normalized spacial score (nSPS) is 17.3. The number of rotatable bonds is 6. The van der Waals surface area contributed by atoms with Crippen molar-refractivity contribution in [3.8, 4) is 0 Å². The number of hydrogen-bond acceptors (Lipinski definition) is 4. The van der Waals surface area contributed by atoms with Crippen molar-refractivity contribution >= 4 is 42.5 Å². The van der Waals surface area contributed by atoms with E-state index in [1.807, 2.05) is 58.0 Å². The second-order valence-corrected chi connectivity index (χ2v) is 9.34. The molecule has 0 aromatic heterocycles. The van der Waals surface area contributed by atoms with Gasteiger partial charge in [0.1, 0.15) is 6.61 Å². The van der Waals surface area contributed by atoms with Gasteiger partial charge in [-0.15, -0.1) is 0 Å². The summed E-state index contributed by atoms with van der Waals surface area (Å²) in [6.45, 7) is 7.94. The number of benzene rings is 2. The average molecular weight is 480 g/mol. The van der Waals surface area contributed by atoms with Crippen LogP contribution in [0.25, 0.3) is 6.08 Å². The summed E-state index contributed by atoms with van der Waals surface area (Å²) in [6.07, 6.45) is 1.11. The third-order valence-electron chi connectivity index (χ3n) is 5.56. The fourth-order valence-corrected chi connectivity index (χ4v) is 3.52. The summed E-state index contributed by atoms with van der Waals surface area (Å²) < 4.78 is 31.3. The van der Waals surface area contributed by atoms with Crippen LogP contribution in [-0.2, 0) is 20.7 Å². The molecule has 0 radical (unpaired) electrons. The van der Waals surface area contributed by atoms with Crippen LogP contribution < -0.4 is 5.32 Å². The minimum Gasteiger partial charge on any atom is -0.445 e. The summed E-state index contributed by atoms with van der Waals surface area (Å²) in [5, 5.41) is 2.51. The molecule has 1 fully saturated rings. The van der Waals surface area contributed by atoms with Crippen molar-refractivity contribution in [1.29, 1.82) is 0 Å². The lowest BCUT2D eigenvalue weighted by Crippen LogP contribution is -2.41. The molecule has 9 heteroatoms. The Bertz CT molecular complexity index is 975. The van der Waals surface area contributed by atoms with Crippen LogP contribution in [0.5, 0.6) is 0 Å². The van der Waals surface area contributed by atoms with Gasteiger partial charge in [0, 0.05) is 6.54 Å². The highest BCUT2D eigenvalue weighted by Gasteiger charge is 2.52. The Kier molecular flexibility index (Phi) is 7.55. The van der Waals surface area contributed by atoms with Crippen LogP contribution in [0.2, 0.25) is 10.0 Å². The molecule has 1 N–H and O–H groups in total. The maximum atomic E-state index is 13.8. The van der Waals surface area contributed by atoms with E-state index in [1.54, 1.807) is 6.08 Å². The molecule has 0 atom stereocenters. The third kappa shape index (κ3) is 5.84. The lowest BCUT2D eigenvalue weighted by Gasteiger charge is -2.32. The van der Waals surface area contributed by atoms with E-state index in [0.717, 1.165) is 5.56 Å². The first-order chi connectivity index (χ1) is 15.0. The van der Waals surface area contributed by atoms with Crippen molar-refractivity contribution in [2.75, 3.05) is 6.54 Å². The van der Waals surface area contributed by atoms with Crippen molar-refractivity contribution in [1.82, 2.24) is 5.32 Å². The lowest BCUT2D eigenvalue weighted by atomic mass is 9.77. The number of carbonyl (C=O) groups excluding carboxylic acids is 1. The van der Waals surface area contributed by atoms with E-state index in [4.69, 9.17) is 37.2 Å². The first kappa shape index (κ1) is 24.6. The molecule has 0 bridgehead atoms. The van der Waals surface area contributed by atoms with Gasteiger partial charge in [-0.05, 0) is 56.4 Å². The van der Waals surface area contributed by atoms with E-state index < -0.39 is 30.2 Å². The van der Waals surface area contributed by atoms with Crippen LogP contribution in [-0.4, -0.2) is 31.0 Å². The summed E-state index contributed by atoms with van der Waals surface area (Å²) >= 11 is 11.9. The Hall–Kier alpha value is -2.06. The average Bonchev–Trinajstić information content (AvgIpc) is 2.95. The quantitative estimate of drug-likeness (QED) is 0.403. The van der Waals surface area contributed by atoms with Crippen LogP contribution in [0, 0.1) is 5.82 Å². The number of alkyl carbamates (subject to hydrolysis) is 1. The number of carbonyl (C=O) groups is 1. The van der Waals surface area contributed by atoms with Gasteiger partial charge in [0.2, 0.25) is 0 Å². The number of ether oxygens (including phenoxy) is 1. The zero-order valence-corrected chi connectivity index (χ0v) is 19.9. The first-order valence-corrected chi connectivity index (χ1v) is 10.9. The van der Waals surface area contributed by atoms with Crippen molar-refractivity contribution in [2.45, 2.75) is 45.5 Å². The molecule has 0 aliphatic carbocycles. The monoisotopic (exact) mass is 479 g/mol. The van der Waals surface area contributed by atoms with E-state index in [2.05, 4.69) is 5.32 Å². The molecule has 2 aromatic carbocycles. The minimum atomic E-state index is -0.739. The molecule has 1 aliphatic rings. The van der Waals surface area contributed by atoms with Crippen LogP contribution in [0.1, 0.15) is 38.8 Å². The molecule has 0 unspecified atom stereocenters. The Balaban J connectivity index is 1.77. The van der Waals surface area contributed by atoms with E-state index in [0.29, 0.717) is 11.0 Å². The summed E-state index contributed by atoms with van der Waals surface area (Å²) in [5.41, 5.74) is 0.857. The molecular formula is C23H25BCl2FNO4. The van der Waals surface area contributed by atoms with Gasteiger partial charge in [-0.1, -0.05) is 59.6 Å². The number of halogens is 3. The highest BCUT2D eigenvalue weighted by atomic mass is 35.5. The topological polar surface area (TPSA) is 56.8 Å². The molecule has 1 amide bonds. The summed E-state index contributed by atoms with van der Waals surface area (Å²) in [4.78, 5) is 12.3. The second-order valence-electron chi connectivity index (χ2n) is 8.52. The predicted octanol–water partition coefficient (Wildman–Crippen LogP) is 6.07. The molecule has 0 spiro atoms. The summed E-state index contributed by atoms with van der Waals surface area (Å²) in [5.74, 6) is -0.690. The molecule has 2 aromatic rings. The van der Waals surface area contributed by atoms with Gasteiger partial charge in [0.25, 0.3) is 0 Å². The molecule has 32 heavy (non-hydrogen) atoms. The van der Waals surface area contributed by atoms with Crippen molar-refractivity contribution in [3.63, 3.8) is 0 Å². The Morgan fingerprint density at radius 3 is 2.22 bits per heavy atom. The Morgan fingerprint density at radius 2 is 1.66 bits per heavy atom. The third-order valence-corrected chi connectivity index (χ3v) is 6.11. The fraction of sp³-hybridized carbons (Fsp3) is 0.348. The van der Waals surface area contributed by atoms with E-state index in [-0.39, 0.29) is 23.2 Å². The van der Waals surface area contributed by atoms with Gasteiger partial charge in [-0.2, -0.15) is 0 Å². The van der Waals surface area contributed by atoms with Gasteiger partial charge < -0.3 is 19.4 Å². The zero-order chi connectivity index (χ0) is 23.5. The maximum Gasteiger partial charge on any atom is 0.492 e. The van der Waals surface area contributed by atoms with Gasteiger partial charge in [-0.3, -0.25) is 0 Å². The molecule has 170 valence electrons. The highest BCUT2D eigenvalue weighted by Crippen LogP contribution is 2.39. The molecule has 1 heterocycles. The SMILES string of the molecule is CC1(C)OB(C(=Cc2cc(Cl)c(F)c(Cl)c2)CNC(=O)OCc2ccccc2)OC1(C)C. The number of hydrogen-bond donors (Lipinski definition) is 1. The molecule has 1 aliphatic heterocycles. The Morgan fingerprint density at radius 1 is 1.09 bits per heavy atom. The van der Waals surface area contributed by atoms with Crippen molar-refractivity contribution < 1.29 is 23.2 Å². The fourth-order valence-electron chi connectivity index (χ4n) is 3.02. The predicted molar refractivity (Wildman–Crippen MR) is 125 cm³/mol. The van der Waals surface area contributed by atoms with Gasteiger partial charge in [0.15, 0.2) is 5.82 Å². The highest BCUT2D eigenvalue weighted by molar-refractivity contribution is 6.56. The van der Waals surface area contributed by atoms with E-state index in [1.165, 1.54) is 12.1 Å². The van der Waals surface area contributed by atoms with E-state index in [9.17, 15) is 9.18 Å². The van der Waals surface area contributed by atoms with Crippen molar-refractivity contribution in [3.05, 3.63) is 74.9 Å². The molecular weight excluding hydrogens is 455 g/mol. The van der Waals surface area contributed by atoms with Crippen LogP contribution in [0.15, 0.2) is 47.9 Å². The summed E-state index contributed by atoms with van der Waals surface area (Å²) in [6, 6.07) is 12.3. The smallest absolute Gasteiger partial charge is 0.445 e. The first-order valence-electron chi connectivity index (χ1n) is 10.1. The van der Waals surface area contributed by atoms with Gasteiger partial charge in [-0.25, -0.2) is 9.18 Å². The second kappa shape index (κ2) is 9.83. The van der Waals surface area contributed by atoms with Crippen LogP contribution in [0.4, 0.5) is 9.18 Å².